The van der Waals surface area contributed by atoms with Crippen molar-refractivity contribution in [2.75, 3.05) is 6.61 Å². The molecule has 0 radical (unpaired) electrons. The standard InChI is InChI=1S/C22H30N3O10P/c1-13(2)33-19(28)14(3)24-36(31,35-15-8-6-5-7-9-15)32-12-16-18(27)22(4,30)20(34-16)25-11-10-17(26)23-21(25)29/h5-11,13-14,16,18,20,27,30H,12H2,1-4H3,(H,24,31)(H,23,26,29)/t14-,16+,18+,20?,22+,36-/m0/s1/i10D. The molecular weight excluding hydrogens is 497 g/mol. The lowest BCUT2D eigenvalue weighted by Gasteiger charge is -2.27. The number of nitrogens with zero attached hydrogens (tertiary/aromatic N) is 1. The second kappa shape index (κ2) is 11.1. The number of carbonyl (C=O) groups is 1. The van der Waals surface area contributed by atoms with Gasteiger partial charge in [0.1, 0.15) is 29.6 Å². The molecule has 2 aromatic rings. The number of aromatic amines is 1. The normalized spacial score (nSPS) is 26.8. The molecular formula is C22H30N3O10P. The summed E-state index contributed by atoms with van der Waals surface area (Å²) in [6.45, 7) is 5.28. The number of hydrogen-bond donors (Lipinski definition) is 4. The van der Waals surface area contributed by atoms with Crippen molar-refractivity contribution in [1.29, 1.82) is 0 Å². The summed E-state index contributed by atoms with van der Waals surface area (Å²) >= 11 is 0. The summed E-state index contributed by atoms with van der Waals surface area (Å²) in [5.74, 6) is -0.553. The summed E-state index contributed by atoms with van der Waals surface area (Å²) in [4.78, 5) is 38.0. The Morgan fingerprint density at radius 1 is 1.33 bits per heavy atom. The average molecular weight is 528 g/mol. The highest BCUT2D eigenvalue weighted by molar-refractivity contribution is 7.52. The highest BCUT2D eigenvalue weighted by atomic mass is 31.2. The SMILES string of the molecule is [2H]c1cn(C2O[C@H](CO[P@@](=O)(N[C@@H](C)C(=O)OC(C)C)Oc3ccccc3)[C@@H](O)[C@@]2(C)O)c(=O)[nH]c1=O. The number of nitrogens with one attached hydrogen (secondary N) is 2. The molecule has 2 heterocycles. The fourth-order valence-corrected chi connectivity index (χ4v) is 4.94. The topological polar surface area (TPSA) is 178 Å². The first kappa shape index (κ1) is 26.3. The Morgan fingerprint density at radius 2 is 2.00 bits per heavy atom. The van der Waals surface area contributed by atoms with Crippen LogP contribution in [0.5, 0.6) is 5.75 Å². The van der Waals surface area contributed by atoms with Crippen LogP contribution < -0.4 is 20.9 Å². The first-order chi connectivity index (χ1) is 17.2. The second-order valence-corrected chi connectivity index (χ2v) is 10.4. The summed E-state index contributed by atoms with van der Waals surface area (Å²) in [7, 11) is -4.30. The summed E-state index contributed by atoms with van der Waals surface area (Å²) in [5, 5.41) is 24.1. The fourth-order valence-electron chi connectivity index (χ4n) is 3.44. The predicted molar refractivity (Wildman–Crippen MR) is 126 cm³/mol. The smallest absolute Gasteiger partial charge is 0.459 e. The summed E-state index contributed by atoms with van der Waals surface area (Å²) < 4.78 is 43.8. The van der Waals surface area contributed by atoms with E-state index in [9.17, 15) is 29.2 Å². The van der Waals surface area contributed by atoms with Gasteiger partial charge >= 0.3 is 19.4 Å². The van der Waals surface area contributed by atoms with Gasteiger partial charge in [0.15, 0.2) is 6.23 Å². The van der Waals surface area contributed by atoms with E-state index in [4.69, 9.17) is 19.9 Å². The molecule has 13 nitrogen and oxygen atoms in total. The quantitative estimate of drug-likeness (QED) is 0.252. The average Bonchev–Trinajstić information content (AvgIpc) is 3.03. The molecule has 1 aromatic heterocycles. The minimum atomic E-state index is -4.30. The van der Waals surface area contributed by atoms with Crippen LogP contribution in [0.3, 0.4) is 0 Å². The van der Waals surface area contributed by atoms with E-state index in [1.165, 1.54) is 26.0 Å². The number of para-hydroxylation sites is 1. The monoisotopic (exact) mass is 528 g/mol. The number of rotatable bonds is 10. The predicted octanol–water partition coefficient (Wildman–Crippen LogP) is 0.679. The number of esters is 1. The molecule has 3 rings (SSSR count). The van der Waals surface area contributed by atoms with Crippen molar-refractivity contribution in [2.24, 2.45) is 0 Å². The molecule has 1 aliphatic rings. The van der Waals surface area contributed by atoms with E-state index in [-0.39, 0.29) is 5.75 Å². The van der Waals surface area contributed by atoms with E-state index in [2.05, 4.69) is 5.09 Å². The van der Waals surface area contributed by atoms with Crippen LogP contribution in [0.1, 0.15) is 35.3 Å². The molecule has 0 aliphatic carbocycles. The van der Waals surface area contributed by atoms with Gasteiger partial charge in [0.05, 0.1) is 14.1 Å². The number of aromatic nitrogens is 2. The van der Waals surface area contributed by atoms with Gasteiger partial charge in [0.2, 0.25) is 0 Å². The molecule has 6 atom stereocenters. The number of H-pyrrole nitrogens is 1. The number of carbonyl (C=O) groups excluding carboxylic acids is 1. The fraction of sp³-hybridized carbons (Fsp3) is 0.500. The maximum absolute atomic E-state index is 13.6. The van der Waals surface area contributed by atoms with Gasteiger partial charge in [-0.1, -0.05) is 18.2 Å². The van der Waals surface area contributed by atoms with Crippen LogP contribution in [0.4, 0.5) is 0 Å². The van der Waals surface area contributed by atoms with Crippen molar-refractivity contribution in [3.63, 3.8) is 0 Å². The Hall–Kier alpha value is -2.80. The van der Waals surface area contributed by atoms with Crippen molar-refractivity contribution in [3.05, 3.63) is 63.4 Å². The lowest BCUT2D eigenvalue weighted by atomic mass is 9.96. The minimum absolute atomic E-state index is 0.156. The Balaban J connectivity index is 1.82. The van der Waals surface area contributed by atoms with Gasteiger partial charge < -0.3 is 24.2 Å². The Kier molecular flexibility index (Phi) is 8.08. The molecule has 36 heavy (non-hydrogen) atoms. The third-order valence-electron chi connectivity index (χ3n) is 5.23. The third kappa shape index (κ3) is 6.49. The first-order valence-electron chi connectivity index (χ1n) is 11.6. The van der Waals surface area contributed by atoms with Crippen molar-refractivity contribution in [3.8, 4) is 5.75 Å². The number of aliphatic hydroxyl groups is 2. The van der Waals surface area contributed by atoms with Gasteiger partial charge in [-0.3, -0.25) is 23.7 Å². The zero-order chi connectivity index (χ0) is 27.5. The molecule has 0 spiro atoms. The number of ether oxygens (including phenoxy) is 2. The Morgan fingerprint density at radius 3 is 2.64 bits per heavy atom. The van der Waals surface area contributed by atoms with Crippen molar-refractivity contribution in [2.45, 2.75) is 63.9 Å². The van der Waals surface area contributed by atoms with Gasteiger partial charge in [0, 0.05) is 12.2 Å². The largest absolute Gasteiger partial charge is 0.462 e. The zero-order valence-corrected chi connectivity index (χ0v) is 21.0. The van der Waals surface area contributed by atoms with Crippen molar-refractivity contribution < 1.29 is 39.5 Å². The molecule has 1 saturated heterocycles. The number of hydrogen-bond acceptors (Lipinski definition) is 10. The van der Waals surface area contributed by atoms with Gasteiger partial charge in [-0.05, 0) is 39.8 Å². The lowest BCUT2D eigenvalue weighted by Crippen LogP contribution is -2.47. The molecule has 1 aliphatic heterocycles. The van der Waals surface area contributed by atoms with Crippen LogP contribution in [-0.2, 0) is 23.4 Å². The summed E-state index contributed by atoms with van der Waals surface area (Å²) in [5.41, 5.74) is -3.99. The van der Waals surface area contributed by atoms with E-state index < -0.39 is 73.8 Å². The summed E-state index contributed by atoms with van der Waals surface area (Å²) in [6, 6.07) is 6.31. The summed E-state index contributed by atoms with van der Waals surface area (Å²) in [6.07, 6.45) is -4.07. The molecule has 14 heteroatoms. The van der Waals surface area contributed by atoms with E-state index in [1.807, 2.05) is 4.98 Å². The van der Waals surface area contributed by atoms with E-state index in [1.54, 1.807) is 32.0 Å². The Bertz CT molecular complexity index is 1270. The van der Waals surface area contributed by atoms with Crippen LogP contribution in [0, 0.1) is 0 Å². The maximum atomic E-state index is 13.6. The molecule has 1 aromatic carbocycles. The van der Waals surface area contributed by atoms with Crippen LogP contribution in [0.2, 0.25) is 0 Å². The van der Waals surface area contributed by atoms with Crippen LogP contribution in [0.25, 0.3) is 0 Å². The van der Waals surface area contributed by atoms with Crippen LogP contribution >= 0.6 is 7.75 Å². The highest BCUT2D eigenvalue weighted by Crippen LogP contribution is 2.46. The van der Waals surface area contributed by atoms with Gasteiger partial charge in [-0.15, -0.1) is 0 Å². The molecule has 198 valence electrons. The van der Waals surface area contributed by atoms with Crippen LogP contribution in [-0.4, -0.2) is 62.3 Å². The molecule has 0 saturated carbocycles. The van der Waals surface area contributed by atoms with Crippen molar-refractivity contribution in [1.82, 2.24) is 14.6 Å². The second-order valence-electron chi connectivity index (χ2n) is 8.67. The van der Waals surface area contributed by atoms with Crippen molar-refractivity contribution >= 4 is 13.7 Å². The van der Waals surface area contributed by atoms with E-state index in [0.717, 1.165) is 10.8 Å². The number of benzene rings is 1. The Labute approximate surface area is 208 Å². The third-order valence-corrected chi connectivity index (χ3v) is 6.88. The van der Waals surface area contributed by atoms with Gasteiger partial charge in [-0.2, -0.15) is 5.09 Å². The maximum Gasteiger partial charge on any atom is 0.459 e. The number of aliphatic hydroxyl groups excluding tert-OH is 1. The molecule has 0 amide bonds. The molecule has 0 bridgehead atoms. The first-order valence-corrected chi connectivity index (χ1v) is 12.6. The van der Waals surface area contributed by atoms with Crippen LogP contribution in [0.15, 0.2) is 52.2 Å². The molecule has 1 unspecified atom stereocenters. The van der Waals surface area contributed by atoms with E-state index >= 15 is 0 Å². The minimum Gasteiger partial charge on any atom is -0.462 e. The zero-order valence-electron chi connectivity index (χ0n) is 21.1. The molecule has 1 fully saturated rings. The lowest BCUT2D eigenvalue weighted by molar-refractivity contribution is -0.149. The van der Waals surface area contributed by atoms with Gasteiger partial charge in [-0.25, -0.2) is 9.36 Å². The van der Waals surface area contributed by atoms with E-state index in [0.29, 0.717) is 0 Å². The van der Waals surface area contributed by atoms with Gasteiger partial charge in [0.25, 0.3) is 5.56 Å². The highest BCUT2D eigenvalue weighted by Gasteiger charge is 2.54. The molecule has 4 N–H and O–H groups in total.